The van der Waals surface area contributed by atoms with Crippen LogP contribution in [0.25, 0.3) is 11.5 Å². The molecule has 1 amide bonds. The largest absolute Gasteiger partial charge is 0.336 e. The maximum Gasteiger partial charge on any atom is 0.272 e. The lowest BCUT2D eigenvalue weighted by molar-refractivity contribution is 0.0779. The molecule has 140 valence electrons. The van der Waals surface area contributed by atoms with Crippen molar-refractivity contribution in [2.24, 2.45) is 0 Å². The van der Waals surface area contributed by atoms with Crippen LogP contribution in [0.5, 0.6) is 0 Å². The number of hydrogen-bond acceptors (Lipinski definition) is 5. The van der Waals surface area contributed by atoms with Crippen molar-refractivity contribution < 1.29 is 9.18 Å². The number of aromatic nitrogens is 6. The minimum atomic E-state index is -0.303. The molecule has 28 heavy (non-hydrogen) atoms. The van der Waals surface area contributed by atoms with Crippen LogP contribution in [0.4, 0.5) is 4.39 Å². The highest BCUT2D eigenvalue weighted by molar-refractivity contribution is 5.92. The van der Waals surface area contributed by atoms with Crippen molar-refractivity contribution in [3.8, 4) is 11.5 Å². The molecule has 0 unspecified atom stereocenters. The number of benzene rings is 1. The van der Waals surface area contributed by atoms with Crippen LogP contribution in [-0.4, -0.2) is 47.4 Å². The molecule has 0 spiro atoms. The molecule has 1 aromatic carbocycles. The highest BCUT2D eigenvalue weighted by atomic mass is 19.1. The van der Waals surface area contributed by atoms with Gasteiger partial charge in [-0.05, 0) is 36.4 Å². The number of nitrogens with zero attached hydrogens (tertiary/aromatic N) is 7. The molecule has 3 heterocycles. The molecule has 0 radical (unpaired) electrons. The number of carbonyl (C=O) groups excluding carboxylic acids is 1. The smallest absolute Gasteiger partial charge is 0.272 e. The first-order valence-electron chi connectivity index (χ1n) is 8.47. The van der Waals surface area contributed by atoms with Crippen LogP contribution in [0, 0.1) is 5.82 Å². The third-order valence-corrected chi connectivity index (χ3v) is 4.13. The van der Waals surface area contributed by atoms with Gasteiger partial charge in [-0.1, -0.05) is 6.07 Å². The van der Waals surface area contributed by atoms with E-state index in [0.717, 1.165) is 11.3 Å². The molecule has 3 aromatic heterocycles. The summed E-state index contributed by atoms with van der Waals surface area (Å²) < 4.78 is 16.3. The summed E-state index contributed by atoms with van der Waals surface area (Å²) >= 11 is 0. The van der Waals surface area contributed by atoms with Crippen LogP contribution in [0.3, 0.4) is 0 Å². The van der Waals surface area contributed by atoms with Crippen LogP contribution in [0.2, 0.25) is 0 Å². The van der Waals surface area contributed by atoms with E-state index in [1.165, 1.54) is 24.8 Å². The van der Waals surface area contributed by atoms with Crippen molar-refractivity contribution >= 4 is 5.91 Å². The van der Waals surface area contributed by atoms with Gasteiger partial charge in [-0.2, -0.15) is 5.10 Å². The predicted octanol–water partition coefficient (Wildman–Crippen LogP) is 2.26. The van der Waals surface area contributed by atoms with Crippen molar-refractivity contribution in [2.75, 3.05) is 7.05 Å². The Morgan fingerprint density at radius 3 is 2.61 bits per heavy atom. The van der Waals surface area contributed by atoms with Gasteiger partial charge in [0.1, 0.15) is 30.0 Å². The van der Waals surface area contributed by atoms with Crippen molar-refractivity contribution in [1.29, 1.82) is 0 Å². The molecule has 0 saturated carbocycles. The average molecular weight is 377 g/mol. The molecule has 9 heteroatoms. The van der Waals surface area contributed by atoms with Gasteiger partial charge < -0.3 is 4.90 Å². The van der Waals surface area contributed by atoms with Gasteiger partial charge in [0.2, 0.25) is 0 Å². The van der Waals surface area contributed by atoms with Crippen molar-refractivity contribution in [3.63, 3.8) is 0 Å². The Bertz CT molecular complexity index is 1090. The first-order chi connectivity index (χ1) is 13.6. The van der Waals surface area contributed by atoms with E-state index in [1.807, 2.05) is 0 Å². The minimum Gasteiger partial charge on any atom is -0.336 e. The monoisotopic (exact) mass is 377 g/mol. The zero-order valence-electron chi connectivity index (χ0n) is 15.0. The van der Waals surface area contributed by atoms with Crippen LogP contribution in [0.1, 0.15) is 16.1 Å². The minimum absolute atomic E-state index is 0.218. The maximum atomic E-state index is 13.1. The van der Waals surface area contributed by atoms with Gasteiger partial charge in [0.05, 0.1) is 11.9 Å². The average Bonchev–Trinajstić information content (AvgIpc) is 3.40. The van der Waals surface area contributed by atoms with Gasteiger partial charge in [-0.25, -0.2) is 14.1 Å². The number of amides is 1. The van der Waals surface area contributed by atoms with Gasteiger partial charge in [0.15, 0.2) is 0 Å². The Labute approximate surface area is 159 Å². The van der Waals surface area contributed by atoms with E-state index in [9.17, 15) is 9.18 Å². The molecule has 0 atom stereocenters. The standard InChI is InChI=1S/C19H16FN7O/c1-25(10-14-9-23-27(11-14)16-7-5-15(20)6-8-16)19(28)17-3-2-4-18(24-17)26-12-21-22-13-26/h2-9,11-13H,10H2,1H3. The van der Waals surface area contributed by atoms with Crippen molar-refractivity contribution in [2.45, 2.75) is 6.54 Å². The molecule has 0 aliphatic rings. The van der Waals surface area contributed by atoms with Gasteiger partial charge >= 0.3 is 0 Å². The van der Waals surface area contributed by atoms with Crippen LogP contribution < -0.4 is 0 Å². The summed E-state index contributed by atoms with van der Waals surface area (Å²) in [5.41, 5.74) is 1.90. The van der Waals surface area contributed by atoms with Crippen LogP contribution in [0.15, 0.2) is 67.5 Å². The van der Waals surface area contributed by atoms with E-state index in [0.29, 0.717) is 18.1 Å². The topological polar surface area (TPSA) is 81.7 Å². The van der Waals surface area contributed by atoms with Gasteiger partial charge in [-0.15, -0.1) is 10.2 Å². The fourth-order valence-electron chi connectivity index (χ4n) is 2.72. The lowest BCUT2D eigenvalue weighted by atomic mass is 10.2. The molecule has 4 rings (SSSR count). The van der Waals surface area contributed by atoms with E-state index >= 15 is 0 Å². The Morgan fingerprint density at radius 2 is 1.86 bits per heavy atom. The molecule has 0 saturated heterocycles. The van der Waals surface area contributed by atoms with E-state index in [4.69, 9.17) is 0 Å². The fraction of sp³-hybridized carbons (Fsp3) is 0.105. The molecule has 0 N–H and O–H groups in total. The quantitative estimate of drug-likeness (QED) is 0.533. The normalized spacial score (nSPS) is 10.8. The third-order valence-electron chi connectivity index (χ3n) is 4.13. The highest BCUT2D eigenvalue weighted by Crippen LogP contribution is 2.12. The summed E-state index contributed by atoms with van der Waals surface area (Å²) in [6.07, 6.45) is 6.51. The summed E-state index contributed by atoms with van der Waals surface area (Å²) in [5, 5.41) is 11.8. The maximum absolute atomic E-state index is 13.1. The number of halogens is 1. The second-order valence-electron chi connectivity index (χ2n) is 6.18. The first-order valence-corrected chi connectivity index (χ1v) is 8.47. The van der Waals surface area contributed by atoms with E-state index < -0.39 is 0 Å². The molecule has 0 bridgehead atoms. The summed E-state index contributed by atoms with van der Waals surface area (Å²) in [6.45, 7) is 0.360. The summed E-state index contributed by atoms with van der Waals surface area (Å²) in [5.74, 6) is 0.0421. The molecule has 4 aromatic rings. The van der Waals surface area contributed by atoms with Crippen LogP contribution in [-0.2, 0) is 6.54 Å². The van der Waals surface area contributed by atoms with E-state index in [2.05, 4.69) is 20.3 Å². The second-order valence-corrected chi connectivity index (χ2v) is 6.18. The third kappa shape index (κ3) is 3.63. The highest BCUT2D eigenvalue weighted by Gasteiger charge is 2.15. The Kier molecular flexibility index (Phi) is 4.63. The molecular weight excluding hydrogens is 361 g/mol. The molecule has 0 aliphatic heterocycles. The summed E-state index contributed by atoms with van der Waals surface area (Å²) in [6, 6.07) is 11.2. The fourth-order valence-corrected chi connectivity index (χ4v) is 2.72. The molecule has 8 nitrogen and oxygen atoms in total. The van der Waals surface area contributed by atoms with Gasteiger partial charge in [0, 0.05) is 25.4 Å². The number of hydrogen-bond donors (Lipinski definition) is 0. The molecular formula is C19H16FN7O. The number of carbonyl (C=O) groups is 1. The Morgan fingerprint density at radius 1 is 1.11 bits per heavy atom. The van der Waals surface area contributed by atoms with Crippen molar-refractivity contribution in [1.82, 2.24) is 34.4 Å². The first kappa shape index (κ1) is 17.5. The Hall–Kier alpha value is -3.88. The zero-order chi connectivity index (χ0) is 19.5. The predicted molar refractivity (Wildman–Crippen MR) is 98.5 cm³/mol. The van der Waals surface area contributed by atoms with Gasteiger partial charge in [-0.3, -0.25) is 9.36 Å². The van der Waals surface area contributed by atoms with Crippen LogP contribution >= 0.6 is 0 Å². The van der Waals surface area contributed by atoms with E-state index in [1.54, 1.807) is 63.9 Å². The SMILES string of the molecule is CN(Cc1cnn(-c2ccc(F)cc2)c1)C(=O)c1cccc(-n2cnnc2)n1. The van der Waals surface area contributed by atoms with Crippen molar-refractivity contribution in [3.05, 3.63) is 84.6 Å². The second kappa shape index (κ2) is 7.39. The zero-order valence-corrected chi connectivity index (χ0v) is 15.0. The van der Waals surface area contributed by atoms with E-state index in [-0.39, 0.29) is 11.7 Å². The lowest BCUT2D eigenvalue weighted by Gasteiger charge is -2.16. The molecule has 0 aliphatic carbocycles. The summed E-state index contributed by atoms with van der Waals surface area (Å²) in [4.78, 5) is 18.7. The van der Waals surface area contributed by atoms with Gasteiger partial charge in [0.25, 0.3) is 5.91 Å². The number of rotatable bonds is 5. The Balaban J connectivity index is 1.48. The molecule has 0 fully saturated rings. The summed E-state index contributed by atoms with van der Waals surface area (Å²) in [7, 11) is 1.70. The lowest BCUT2D eigenvalue weighted by Crippen LogP contribution is -2.27. The number of pyridine rings is 1.